The fraction of sp³-hybridized carbons (Fsp3) is 0.333. The number of ether oxygens (including phenoxy) is 1. The molecular formula is C12H14N2O5S. The molecule has 0 bridgehead atoms. The highest BCUT2D eigenvalue weighted by molar-refractivity contribution is 7.89. The summed E-state index contributed by atoms with van der Waals surface area (Å²) in [7, 11) is -2.79. The molecule has 0 unspecified atom stereocenters. The maximum atomic E-state index is 12.2. The van der Waals surface area contributed by atoms with Gasteiger partial charge < -0.3 is 4.74 Å². The quantitative estimate of drug-likeness (QED) is 0.502. The number of nitro groups is 1. The molecule has 1 rings (SSSR count). The Labute approximate surface area is 117 Å². The summed E-state index contributed by atoms with van der Waals surface area (Å²) >= 11 is 0. The Hall–Kier alpha value is -2.11. The number of hydrogen-bond donors (Lipinski definition) is 1. The monoisotopic (exact) mass is 298 g/mol. The normalized spacial score (nSPS) is 11.7. The van der Waals surface area contributed by atoms with Gasteiger partial charge in [0.15, 0.2) is 4.90 Å². The Bertz CT molecular complexity index is 674. The van der Waals surface area contributed by atoms with Gasteiger partial charge in [0, 0.05) is 0 Å². The van der Waals surface area contributed by atoms with E-state index in [9.17, 15) is 18.5 Å². The maximum Gasteiger partial charge on any atom is 0.293 e. The van der Waals surface area contributed by atoms with E-state index in [1.54, 1.807) is 0 Å². The summed E-state index contributed by atoms with van der Waals surface area (Å²) in [4.78, 5) is 9.73. The van der Waals surface area contributed by atoms with Crippen molar-refractivity contribution in [3.05, 3.63) is 28.3 Å². The van der Waals surface area contributed by atoms with Crippen LogP contribution in [0.3, 0.4) is 0 Å². The van der Waals surface area contributed by atoms with Gasteiger partial charge in [-0.25, -0.2) is 8.42 Å². The first-order valence-electron chi connectivity index (χ1n) is 5.47. The van der Waals surface area contributed by atoms with Crippen molar-refractivity contribution in [3.63, 3.8) is 0 Å². The Morgan fingerprint density at radius 3 is 2.50 bits per heavy atom. The van der Waals surface area contributed by atoms with Crippen LogP contribution in [0.25, 0.3) is 0 Å². The SMILES string of the molecule is C#CC(C)(C)NS(=O)(=O)c1ccc(OC)cc1[N+](=O)[O-]. The largest absolute Gasteiger partial charge is 0.497 e. The molecule has 1 aromatic carbocycles. The van der Waals surface area contributed by atoms with E-state index >= 15 is 0 Å². The second-order valence-electron chi connectivity index (χ2n) is 4.47. The first kappa shape index (κ1) is 15.9. The van der Waals surface area contributed by atoms with Gasteiger partial charge in [-0.3, -0.25) is 10.1 Å². The number of nitrogens with one attached hydrogen (secondary N) is 1. The molecule has 0 heterocycles. The molecule has 20 heavy (non-hydrogen) atoms. The van der Waals surface area contributed by atoms with Crippen molar-refractivity contribution in [2.45, 2.75) is 24.3 Å². The van der Waals surface area contributed by atoms with Crippen LogP contribution in [0.4, 0.5) is 5.69 Å². The number of rotatable bonds is 5. The fourth-order valence-electron chi connectivity index (χ4n) is 1.41. The van der Waals surface area contributed by atoms with Crippen molar-refractivity contribution in [2.24, 2.45) is 0 Å². The van der Waals surface area contributed by atoms with E-state index in [0.29, 0.717) is 0 Å². The Kier molecular flexibility index (Phi) is 4.37. The molecule has 0 fully saturated rings. The number of nitro benzene ring substituents is 1. The highest BCUT2D eigenvalue weighted by Gasteiger charge is 2.30. The van der Waals surface area contributed by atoms with Crippen LogP contribution in [0, 0.1) is 22.5 Å². The summed E-state index contributed by atoms with van der Waals surface area (Å²) in [6.07, 6.45) is 5.20. The molecule has 0 aliphatic rings. The van der Waals surface area contributed by atoms with E-state index in [2.05, 4.69) is 10.6 Å². The van der Waals surface area contributed by atoms with Crippen molar-refractivity contribution in [1.29, 1.82) is 0 Å². The van der Waals surface area contributed by atoms with Gasteiger partial charge in [-0.05, 0) is 26.0 Å². The molecule has 8 heteroatoms. The predicted molar refractivity (Wildman–Crippen MR) is 72.9 cm³/mol. The smallest absolute Gasteiger partial charge is 0.293 e. The molecule has 1 aromatic rings. The first-order chi connectivity index (χ1) is 9.13. The Balaban J connectivity index is 3.40. The van der Waals surface area contributed by atoms with Crippen molar-refractivity contribution in [3.8, 4) is 18.1 Å². The maximum absolute atomic E-state index is 12.2. The fourth-order valence-corrected chi connectivity index (χ4v) is 2.91. The van der Waals surface area contributed by atoms with Crippen molar-refractivity contribution >= 4 is 15.7 Å². The third kappa shape index (κ3) is 3.46. The number of methoxy groups -OCH3 is 1. The van der Waals surface area contributed by atoms with E-state index in [-0.39, 0.29) is 5.75 Å². The zero-order chi connectivity index (χ0) is 15.6. The molecule has 1 N–H and O–H groups in total. The molecule has 0 saturated carbocycles. The molecule has 0 saturated heterocycles. The average Bonchev–Trinajstić information content (AvgIpc) is 2.36. The van der Waals surface area contributed by atoms with E-state index in [1.165, 1.54) is 27.0 Å². The van der Waals surface area contributed by atoms with Gasteiger partial charge in [0.05, 0.1) is 23.6 Å². The minimum Gasteiger partial charge on any atom is -0.497 e. The van der Waals surface area contributed by atoms with Crippen LogP contribution in [-0.2, 0) is 10.0 Å². The summed E-state index contributed by atoms with van der Waals surface area (Å²) in [5.41, 5.74) is -1.74. The zero-order valence-corrected chi connectivity index (χ0v) is 12.0. The van der Waals surface area contributed by atoms with E-state index in [1.807, 2.05) is 0 Å². The van der Waals surface area contributed by atoms with Gasteiger partial charge in [0.2, 0.25) is 10.0 Å². The molecule has 0 spiro atoms. The number of hydrogen-bond acceptors (Lipinski definition) is 5. The van der Waals surface area contributed by atoms with Crippen molar-refractivity contribution in [1.82, 2.24) is 4.72 Å². The highest BCUT2D eigenvalue weighted by atomic mass is 32.2. The van der Waals surface area contributed by atoms with Gasteiger partial charge in [0.25, 0.3) is 5.69 Å². The lowest BCUT2D eigenvalue weighted by Gasteiger charge is -2.19. The first-order valence-corrected chi connectivity index (χ1v) is 6.95. The van der Waals surface area contributed by atoms with Crippen molar-refractivity contribution < 1.29 is 18.1 Å². The highest BCUT2D eigenvalue weighted by Crippen LogP contribution is 2.28. The van der Waals surface area contributed by atoms with E-state index < -0.39 is 31.1 Å². The lowest BCUT2D eigenvalue weighted by Crippen LogP contribution is -2.42. The number of benzene rings is 1. The Morgan fingerprint density at radius 1 is 1.45 bits per heavy atom. The molecule has 0 aromatic heterocycles. The Morgan fingerprint density at radius 2 is 2.05 bits per heavy atom. The van der Waals surface area contributed by atoms with E-state index in [0.717, 1.165) is 12.1 Å². The lowest BCUT2D eigenvalue weighted by molar-refractivity contribution is -0.387. The summed E-state index contributed by atoms with van der Waals surface area (Å²) in [5.74, 6) is 2.44. The zero-order valence-electron chi connectivity index (χ0n) is 11.2. The van der Waals surface area contributed by atoms with Gasteiger partial charge in [-0.15, -0.1) is 6.42 Å². The topological polar surface area (TPSA) is 98.5 Å². The number of sulfonamides is 1. The predicted octanol–water partition coefficient (Wildman–Crippen LogP) is 1.29. The standard InChI is InChI=1S/C12H14N2O5S/c1-5-12(2,3)13-20(17,18)11-7-6-9(19-4)8-10(11)14(15)16/h1,6-8,13H,2-4H3. The second-order valence-corrected chi connectivity index (χ2v) is 6.12. The van der Waals surface area contributed by atoms with Crippen LogP contribution in [0.5, 0.6) is 5.75 Å². The van der Waals surface area contributed by atoms with Gasteiger partial charge in [-0.1, -0.05) is 5.92 Å². The molecule has 0 aliphatic carbocycles. The third-order valence-electron chi connectivity index (χ3n) is 2.40. The summed E-state index contributed by atoms with van der Waals surface area (Å²) in [6.45, 7) is 2.94. The minimum absolute atomic E-state index is 0.187. The van der Waals surface area contributed by atoms with Crippen LogP contribution in [-0.4, -0.2) is 26.0 Å². The lowest BCUT2D eigenvalue weighted by atomic mass is 10.1. The molecule has 0 amide bonds. The molecule has 0 atom stereocenters. The molecular weight excluding hydrogens is 284 g/mol. The minimum atomic E-state index is -4.12. The van der Waals surface area contributed by atoms with Crippen LogP contribution in [0.2, 0.25) is 0 Å². The van der Waals surface area contributed by atoms with Crippen LogP contribution in [0.15, 0.2) is 23.1 Å². The summed E-state index contributed by atoms with van der Waals surface area (Å²) < 4.78 is 31.4. The number of nitrogens with zero attached hydrogens (tertiary/aromatic N) is 1. The van der Waals surface area contributed by atoms with Crippen molar-refractivity contribution in [2.75, 3.05) is 7.11 Å². The van der Waals surface area contributed by atoms with Crippen LogP contribution < -0.4 is 9.46 Å². The molecule has 108 valence electrons. The van der Waals surface area contributed by atoms with E-state index in [4.69, 9.17) is 11.2 Å². The summed E-state index contributed by atoms with van der Waals surface area (Å²) in [6, 6.07) is 3.47. The molecule has 0 aliphatic heterocycles. The van der Waals surface area contributed by atoms with Gasteiger partial charge >= 0.3 is 0 Å². The molecule has 0 radical (unpaired) electrons. The van der Waals surface area contributed by atoms with Crippen LogP contribution >= 0.6 is 0 Å². The van der Waals surface area contributed by atoms with Crippen LogP contribution in [0.1, 0.15) is 13.8 Å². The van der Waals surface area contributed by atoms with Gasteiger partial charge in [0.1, 0.15) is 5.75 Å². The third-order valence-corrected chi connectivity index (χ3v) is 4.11. The average molecular weight is 298 g/mol. The summed E-state index contributed by atoms with van der Waals surface area (Å²) in [5, 5.41) is 11.0. The van der Waals surface area contributed by atoms with Gasteiger partial charge in [-0.2, -0.15) is 4.72 Å². The number of terminal acetylenes is 1. The second kappa shape index (κ2) is 5.48. The molecule has 7 nitrogen and oxygen atoms in total.